The van der Waals surface area contributed by atoms with E-state index in [-0.39, 0.29) is 11.6 Å². The van der Waals surface area contributed by atoms with Crippen molar-refractivity contribution in [3.63, 3.8) is 0 Å². The zero-order valence-electron chi connectivity index (χ0n) is 6.02. The second-order valence-electron chi connectivity index (χ2n) is 3.49. The second-order valence-corrected chi connectivity index (χ2v) is 3.49. The van der Waals surface area contributed by atoms with Gasteiger partial charge in [0.2, 0.25) is 0 Å². The average Bonchev–Trinajstić information content (AvgIpc) is 2.10. The Bertz CT molecular complexity index is 172. The average molecular weight is 141 g/mol. The van der Waals surface area contributed by atoms with Gasteiger partial charge in [0.15, 0.2) is 0 Å². The van der Waals surface area contributed by atoms with Gasteiger partial charge < -0.3 is 10.1 Å². The van der Waals surface area contributed by atoms with Gasteiger partial charge in [0.1, 0.15) is 6.61 Å². The quantitative estimate of drug-likeness (QED) is 0.544. The van der Waals surface area contributed by atoms with E-state index in [1.165, 1.54) is 0 Å². The van der Waals surface area contributed by atoms with Crippen LogP contribution in [0.3, 0.4) is 0 Å². The van der Waals surface area contributed by atoms with Gasteiger partial charge in [0, 0.05) is 0 Å². The monoisotopic (exact) mass is 141 g/mol. The fourth-order valence-corrected chi connectivity index (χ4v) is 1.99. The Kier molecular flexibility index (Phi) is 0.993. The van der Waals surface area contributed by atoms with Crippen LogP contribution >= 0.6 is 0 Å². The maximum absolute atomic E-state index is 10.6. The Morgan fingerprint density at radius 1 is 1.70 bits per heavy atom. The number of cyclic esters (lactones) is 1. The molecule has 2 fully saturated rings. The van der Waals surface area contributed by atoms with Crippen molar-refractivity contribution in [1.82, 2.24) is 5.32 Å². The number of ether oxygens (including phenoxy) is 1. The van der Waals surface area contributed by atoms with Crippen molar-refractivity contribution in [2.45, 2.75) is 25.3 Å². The first-order valence-corrected chi connectivity index (χ1v) is 3.65. The molecule has 0 bridgehead atoms. The van der Waals surface area contributed by atoms with Gasteiger partial charge in [0.05, 0.1) is 5.54 Å². The normalized spacial score (nSPS) is 44.5. The molecule has 1 aliphatic heterocycles. The third-order valence-electron chi connectivity index (χ3n) is 2.33. The molecular formula is C7H11NO2. The minimum atomic E-state index is -0.244. The number of rotatable bonds is 0. The number of carbonyl (C=O) groups excluding carboxylic acids is 1. The fraction of sp³-hybridized carbons (Fsp3) is 0.857. The summed E-state index contributed by atoms with van der Waals surface area (Å²) in [6.07, 6.45) is 1.92. The van der Waals surface area contributed by atoms with E-state index in [9.17, 15) is 4.79 Å². The molecule has 1 heterocycles. The lowest BCUT2D eigenvalue weighted by atomic mass is 9.70. The van der Waals surface area contributed by atoms with Crippen molar-refractivity contribution in [3.05, 3.63) is 0 Å². The molecule has 0 radical (unpaired) electrons. The van der Waals surface area contributed by atoms with E-state index in [2.05, 4.69) is 12.2 Å². The predicted molar refractivity (Wildman–Crippen MR) is 35.6 cm³/mol. The molecule has 3 heteroatoms. The van der Waals surface area contributed by atoms with Crippen LogP contribution < -0.4 is 5.32 Å². The zero-order chi connectivity index (χ0) is 7.19. The summed E-state index contributed by atoms with van der Waals surface area (Å²) < 4.78 is 4.81. The standard InChI is InChI=1S/C7H11NO2/c1-5-2-7(3-5)4-10-6(9)8-7/h5H,2-4H2,1H3,(H,8,9)/t5-,7+. The molecule has 1 N–H and O–H groups in total. The molecule has 2 rings (SSSR count). The Balaban J connectivity index is 2.01. The summed E-state index contributed by atoms with van der Waals surface area (Å²) in [5.74, 6) is 0.752. The van der Waals surface area contributed by atoms with Crippen LogP contribution in [-0.2, 0) is 4.74 Å². The lowest BCUT2D eigenvalue weighted by Crippen LogP contribution is -2.53. The van der Waals surface area contributed by atoms with Gasteiger partial charge in [-0.3, -0.25) is 0 Å². The molecule has 0 unspecified atom stereocenters. The van der Waals surface area contributed by atoms with Crippen LogP contribution in [0.4, 0.5) is 4.79 Å². The van der Waals surface area contributed by atoms with Crippen molar-refractivity contribution in [1.29, 1.82) is 0 Å². The van der Waals surface area contributed by atoms with Gasteiger partial charge in [-0.05, 0) is 18.8 Å². The summed E-state index contributed by atoms with van der Waals surface area (Å²) in [4.78, 5) is 10.6. The van der Waals surface area contributed by atoms with Crippen molar-refractivity contribution < 1.29 is 9.53 Å². The molecule has 1 saturated carbocycles. The highest BCUT2D eigenvalue weighted by Gasteiger charge is 2.48. The highest BCUT2D eigenvalue weighted by Crippen LogP contribution is 2.39. The Labute approximate surface area is 59.7 Å². The second kappa shape index (κ2) is 1.65. The molecule has 3 nitrogen and oxygen atoms in total. The van der Waals surface area contributed by atoms with Gasteiger partial charge in [-0.2, -0.15) is 0 Å². The first-order chi connectivity index (χ1) is 4.70. The molecular weight excluding hydrogens is 130 g/mol. The summed E-state index contributed by atoms with van der Waals surface area (Å²) in [6.45, 7) is 2.77. The summed E-state index contributed by atoms with van der Waals surface area (Å²) in [5, 5.41) is 2.84. The van der Waals surface area contributed by atoms with Crippen molar-refractivity contribution in [2.75, 3.05) is 6.61 Å². The fourth-order valence-electron chi connectivity index (χ4n) is 1.99. The topological polar surface area (TPSA) is 38.3 Å². The van der Waals surface area contributed by atoms with Gasteiger partial charge in [-0.1, -0.05) is 6.92 Å². The van der Waals surface area contributed by atoms with E-state index in [0.29, 0.717) is 6.61 Å². The van der Waals surface area contributed by atoms with Gasteiger partial charge >= 0.3 is 6.09 Å². The third-order valence-corrected chi connectivity index (χ3v) is 2.33. The summed E-state index contributed by atoms with van der Waals surface area (Å²) in [7, 11) is 0. The van der Waals surface area contributed by atoms with Gasteiger partial charge in [0.25, 0.3) is 0 Å². The molecule has 1 saturated heterocycles. The first kappa shape index (κ1) is 6.01. The number of hydrogen-bond donors (Lipinski definition) is 1. The molecule has 0 aromatic carbocycles. The molecule has 1 aliphatic carbocycles. The molecule has 56 valence electrons. The Morgan fingerprint density at radius 2 is 2.40 bits per heavy atom. The third kappa shape index (κ3) is 0.696. The van der Waals surface area contributed by atoms with Crippen LogP contribution in [0.1, 0.15) is 19.8 Å². The van der Waals surface area contributed by atoms with E-state index < -0.39 is 0 Å². The van der Waals surface area contributed by atoms with E-state index in [0.717, 1.165) is 18.8 Å². The lowest BCUT2D eigenvalue weighted by Gasteiger charge is -2.41. The van der Waals surface area contributed by atoms with E-state index in [1.54, 1.807) is 0 Å². The van der Waals surface area contributed by atoms with Crippen molar-refractivity contribution in [2.24, 2.45) is 5.92 Å². The highest BCUT2D eigenvalue weighted by atomic mass is 16.6. The summed E-state index contributed by atoms with van der Waals surface area (Å²) >= 11 is 0. The highest BCUT2D eigenvalue weighted by molar-refractivity contribution is 5.71. The van der Waals surface area contributed by atoms with Crippen LogP contribution in [0.5, 0.6) is 0 Å². The minimum Gasteiger partial charge on any atom is -0.447 e. The maximum atomic E-state index is 10.6. The van der Waals surface area contributed by atoms with Crippen LogP contribution in [0.2, 0.25) is 0 Å². The SMILES string of the molecule is C[C@H]1C[C@]2(COC(=O)N2)C1. The van der Waals surface area contributed by atoms with Crippen molar-refractivity contribution >= 4 is 6.09 Å². The lowest BCUT2D eigenvalue weighted by molar-refractivity contribution is 0.112. The van der Waals surface area contributed by atoms with Crippen LogP contribution in [-0.4, -0.2) is 18.2 Å². The van der Waals surface area contributed by atoms with Crippen molar-refractivity contribution in [3.8, 4) is 0 Å². The summed E-state index contributed by atoms with van der Waals surface area (Å²) in [6, 6.07) is 0. The maximum Gasteiger partial charge on any atom is 0.407 e. The zero-order valence-corrected chi connectivity index (χ0v) is 6.02. The Morgan fingerprint density at radius 3 is 2.80 bits per heavy atom. The van der Waals surface area contributed by atoms with E-state index in [1.807, 2.05) is 0 Å². The molecule has 10 heavy (non-hydrogen) atoms. The number of carbonyl (C=O) groups is 1. The van der Waals surface area contributed by atoms with Gasteiger partial charge in [-0.25, -0.2) is 4.79 Å². The van der Waals surface area contributed by atoms with Gasteiger partial charge in [-0.15, -0.1) is 0 Å². The van der Waals surface area contributed by atoms with E-state index >= 15 is 0 Å². The number of nitrogens with one attached hydrogen (secondary N) is 1. The largest absolute Gasteiger partial charge is 0.447 e. The van der Waals surface area contributed by atoms with Crippen LogP contribution in [0.15, 0.2) is 0 Å². The minimum absolute atomic E-state index is 0.0382. The molecule has 0 aromatic heterocycles. The van der Waals surface area contributed by atoms with Crippen LogP contribution in [0, 0.1) is 5.92 Å². The number of alkyl carbamates (subject to hydrolysis) is 1. The predicted octanol–water partition coefficient (Wildman–Crippen LogP) is 0.895. The molecule has 0 aromatic rings. The molecule has 1 spiro atoms. The summed E-state index contributed by atoms with van der Waals surface area (Å²) in [5.41, 5.74) is 0.0382. The number of amides is 1. The Hall–Kier alpha value is -0.730. The molecule has 1 amide bonds. The molecule has 0 atom stereocenters. The first-order valence-electron chi connectivity index (χ1n) is 3.65. The van der Waals surface area contributed by atoms with Crippen LogP contribution in [0.25, 0.3) is 0 Å². The smallest absolute Gasteiger partial charge is 0.407 e. The molecule has 2 aliphatic rings. The number of hydrogen-bond acceptors (Lipinski definition) is 2. The van der Waals surface area contributed by atoms with E-state index in [4.69, 9.17) is 4.74 Å².